The zero-order valence-electron chi connectivity index (χ0n) is 20.9. The third kappa shape index (κ3) is 18.0. The van der Waals surface area contributed by atoms with Crippen molar-refractivity contribution in [1.29, 1.82) is 0 Å². The minimum atomic E-state index is -1.72. The zero-order chi connectivity index (χ0) is 24.7. The van der Waals surface area contributed by atoms with Crippen molar-refractivity contribution in [2.45, 2.75) is 147 Å². The van der Waals surface area contributed by atoms with Gasteiger partial charge < -0.3 is 30.5 Å². The van der Waals surface area contributed by atoms with Gasteiger partial charge in [-0.05, 0) is 6.42 Å². The molecule has 1 amide bonds. The first-order chi connectivity index (χ1) is 16.0. The topological polar surface area (TPSA) is 127 Å². The smallest absolute Gasteiger partial charge is 0.220 e. The second-order valence-electron chi connectivity index (χ2n) is 9.37. The first-order valence-electron chi connectivity index (χ1n) is 13.4. The summed E-state index contributed by atoms with van der Waals surface area (Å²) in [5, 5.41) is 40.1. The number of carbonyl (C=O) groups is 2. The van der Waals surface area contributed by atoms with E-state index in [-0.39, 0.29) is 12.3 Å². The number of hydrogen-bond donors (Lipinski definition) is 5. The molecule has 0 aliphatic heterocycles. The van der Waals surface area contributed by atoms with Gasteiger partial charge in [0.25, 0.3) is 0 Å². The van der Waals surface area contributed by atoms with E-state index >= 15 is 0 Å². The van der Waals surface area contributed by atoms with Gasteiger partial charge in [-0.3, -0.25) is 4.79 Å². The molecule has 0 aliphatic rings. The summed E-state index contributed by atoms with van der Waals surface area (Å²) in [4.78, 5) is 23.1. The van der Waals surface area contributed by atoms with E-state index in [0.717, 1.165) is 12.8 Å². The Labute approximate surface area is 201 Å². The molecule has 7 heteroatoms. The molecule has 4 atom stereocenters. The van der Waals surface area contributed by atoms with Crippen molar-refractivity contribution in [3.8, 4) is 0 Å². The minimum absolute atomic E-state index is 0.244. The normalized spacial score (nSPS) is 15.1. The van der Waals surface area contributed by atoms with E-state index in [0.29, 0.717) is 12.7 Å². The van der Waals surface area contributed by atoms with Crippen LogP contribution in [0.5, 0.6) is 0 Å². The van der Waals surface area contributed by atoms with Crippen LogP contribution < -0.4 is 5.32 Å². The molecule has 0 rings (SSSR count). The van der Waals surface area contributed by atoms with Gasteiger partial charge in [0, 0.05) is 6.42 Å². The molecule has 0 aromatic carbocycles. The molecule has 0 aromatic heterocycles. The number of rotatable bonds is 24. The molecule has 0 spiro atoms. The van der Waals surface area contributed by atoms with Gasteiger partial charge in [-0.25, -0.2) is 0 Å². The number of aliphatic hydroxyl groups excluding tert-OH is 4. The molecule has 0 radical (unpaired) electrons. The van der Waals surface area contributed by atoms with Crippen LogP contribution in [0.3, 0.4) is 0 Å². The summed E-state index contributed by atoms with van der Waals surface area (Å²) in [6, 6.07) is -1.32. The highest BCUT2D eigenvalue weighted by molar-refractivity contribution is 5.79. The molecule has 5 N–H and O–H groups in total. The maximum Gasteiger partial charge on any atom is 0.220 e. The predicted molar refractivity (Wildman–Crippen MR) is 132 cm³/mol. The van der Waals surface area contributed by atoms with Gasteiger partial charge in [-0.1, -0.05) is 110 Å². The van der Waals surface area contributed by atoms with Crippen molar-refractivity contribution in [2.75, 3.05) is 6.61 Å². The number of aldehydes is 1. The highest BCUT2D eigenvalue weighted by Crippen LogP contribution is 2.14. The first-order valence-corrected chi connectivity index (χ1v) is 13.4. The van der Waals surface area contributed by atoms with Crippen LogP contribution in [0.2, 0.25) is 0 Å². The van der Waals surface area contributed by atoms with Gasteiger partial charge in [0.2, 0.25) is 5.91 Å². The summed E-state index contributed by atoms with van der Waals surface area (Å²) in [6.07, 6.45) is 17.1. The number of carbonyl (C=O) groups excluding carboxylic acids is 2. The average Bonchev–Trinajstić information content (AvgIpc) is 2.82. The lowest BCUT2D eigenvalue weighted by Crippen LogP contribution is -2.53. The SMILES string of the molecule is CCCCCCCCCCCCCCCCCCCC(=O)N[C@@H](C=O)[C@@H](O)[C@H](O)[C@H](O)CO. The van der Waals surface area contributed by atoms with Crippen LogP contribution >= 0.6 is 0 Å². The fourth-order valence-electron chi connectivity index (χ4n) is 4.02. The molecule has 0 unspecified atom stereocenters. The molecule has 0 aliphatic carbocycles. The summed E-state index contributed by atoms with van der Waals surface area (Å²) < 4.78 is 0. The summed E-state index contributed by atoms with van der Waals surface area (Å²) in [5.74, 6) is -0.377. The van der Waals surface area contributed by atoms with Crippen molar-refractivity contribution >= 4 is 12.2 Å². The highest BCUT2D eigenvalue weighted by Gasteiger charge is 2.31. The third-order valence-electron chi connectivity index (χ3n) is 6.28. The van der Waals surface area contributed by atoms with Crippen molar-refractivity contribution in [2.24, 2.45) is 0 Å². The molecule has 7 nitrogen and oxygen atoms in total. The molecular weight excluding hydrogens is 422 g/mol. The maximum atomic E-state index is 12.0. The summed E-state index contributed by atoms with van der Waals surface area (Å²) >= 11 is 0. The van der Waals surface area contributed by atoms with Crippen LogP contribution in [0.4, 0.5) is 0 Å². The molecule has 33 heavy (non-hydrogen) atoms. The van der Waals surface area contributed by atoms with Crippen LogP contribution in [0, 0.1) is 0 Å². The Morgan fingerprint density at radius 2 is 1.09 bits per heavy atom. The Balaban J connectivity index is 3.55. The molecule has 0 saturated carbocycles. The lowest BCUT2D eigenvalue weighted by molar-refractivity contribution is -0.131. The number of nitrogens with one attached hydrogen (secondary N) is 1. The molecule has 0 aromatic rings. The van der Waals surface area contributed by atoms with Gasteiger partial charge in [0.15, 0.2) is 0 Å². The van der Waals surface area contributed by atoms with E-state index in [1.54, 1.807) is 0 Å². The molecule has 196 valence electrons. The molecule has 0 heterocycles. The van der Waals surface area contributed by atoms with E-state index in [4.69, 9.17) is 5.11 Å². The maximum absolute atomic E-state index is 12.0. The second kappa shape index (κ2) is 22.8. The van der Waals surface area contributed by atoms with Gasteiger partial charge in [-0.15, -0.1) is 0 Å². The monoisotopic (exact) mass is 473 g/mol. The van der Waals surface area contributed by atoms with E-state index in [9.17, 15) is 24.9 Å². The van der Waals surface area contributed by atoms with Crippen molar-refractivity contribution in [3.63, 3.8) is 0 Å². The second-order valence-corrected chi connectivity index (χ2v) is 9.37. The standard InChI is InChI=1S/C26H51NO6/c1-2-3-4-5-6-7-8-9-10-11-12-13-14-15-16-17-18-19-24(31)27-22(20-28)25(32)26(33)23(30)21-29/h20,22-23,25-26,29-30,32-33H,2-19,21H2,1H3,(H,27,31)/t22-,23+,25+,26+/m0/s1. The fourth-order valence-corrected chi connectivity index (χ4v) is 4.02. The number of amides is 1. The largest absolute Gasteiger partial charge is 0.394 e. The van der Waals surface area contributed by atoms with Crippen LogP contribution in [0.15, 0.2) is 0 Å². The summed E-state index contributed by atoms with van der Waals surface area (Å²) in [5.41, 5.74) is 0. The van der Waals surface area contributed by atoms with E-state index < -0.39 is 31.0 Å². The van der Waals surface area contributed by atoms with Crippen LogP contribution in [0.25, 0.3) is 0 Å². The molecule has 0 saturated heterocycles. The summed E-state index contributed by atoms with van der Waals surface area (Å²) in [6.45, 7) is 1.50. The Morgan fingerprint density at radius 3 is 1.45 bits per heavy atom. The third-order valence-corrected chi connectivity index (χ3v) is 6.28. The van der Waals surface area contributed by atoms with Gasteiger partial charge >= 0.3 is 0 Å². The van der Waals surface area contributed by atoms with Crippen molar-refractivity contribution < 1.29 is 30.0 Å². The van der Waals surface area contributed by atoms with Gasteiger partial charge in [-0.2, -0.15) is 0 Å². The van der Waals surface area contributed by atoms with E-state index in [1.807, 2.05) is 0 Å². The van der Waals surface area contributed by atoms with Crippen LogP contribution in [0.1, 0.15) is 122 Å². The van der Waals surface area contributed by atoms with Gasteiger partial charge in [0.1, 0.15) is 30.6 Å². The quantitative estimate of drug-likeness (QED) is 0.107. The number of hydrogen-bond acceptors (Lipinski definition) is 6. The lowest BCUT2D eigenvalue weighted by atomic mass is 10.0. The number of aliphatic hydroxyl groups is 4. The lowest BCUT2D eigenvalue weighted by Gasteiger charge is -2.26. The average molecular weight is 474 g/mol. The Bertz CT molecular complexity index is 462. The molecule has 0 bridgehead atoms. The molecular formula is C26H51NO6. The summed E-state index contributed by atoms with van der Waals surface area (Å²) in [7, 11) is 0. The van der Waals surface area contributed by atoms with Crippen LogP contribution in [-0.4, -0.2) is 63.6 Å². The minimum Gasteiger partial charge on any atom is -0.394 e. The zero-order valence-corrected chi connectivity index (χ0v) is 20.9. The van der Waals surface area contributed by atoms with Crippen LogP contribution in [-0.2, 0) is 9.59 Å². The highest BCUT2D eigenvalue weighted by atomic mass is 16.4. The Morgan fingerprint density at radius 1 is 0.697 bits per heavy atom. The van der Waals surface area contributed by atoms with E-state index in [1.165, 1.54) is 89.9 Å². The van der Waals surface area contributed by atoms with Crippen molar-refractivity contribution in [1.82, 2.24) is 5.32 Å². The first kappa shape index (κ1) is 32.0. The van der Waals surface area contributed by atoms with Crippen molar-refractivity contribution in [3.05, 3.63) is 0 Å². The Kier molecular flexibility index (Phi) is 22.1. The van der Waals surface area contributed by atoms with E-state index in [2.05, 4.69) is 12.2 Å². The molecule has 0 fully saturated rings. The predicted octanol–water partition coefficient (Wildman–Crippen LogP) is 3.79. The van der Waals surface area contributed by atoms with Gasteiger partial charge in [0.05, 0.1) is 6.61 Å². The fraction of sp³-hybridized carbons (Fsp3) is 0.923. The Hall–Kier alpha value is -1.02. The number of unbranched alkanes of at least 4 members (excludes halogenated alkanes) is 16.